The number of rotatable bonds is 15. The predicted octanol–water partition coefficient (Wildman–Crippen LogP) is -2.21. The average Bonchev–Trinajstić information content (AvgIpc) is 2.95. The molecule has 1 aromatic heterocycles. The number of nitrogens with one attached hydrogen (secondary N) is 5. The molecule has 238 valence electrons. The standard InChI is InChI=1S/C25H30N8O10.H2O/c26-25-31-20-19(22(39)32-25)28-13(9-27-20)10-33(11-34)14-3-1-12(2-4-14)21(38)30-16(24(42)43)5-7-17(35)29-15(23(40)41)6-8-18(36)37;/h1-4,11,13,15-16,28H,5-10H2,(H,29,35)(H,30,38)(H,36,37)(H,40,41)(H,42,43)(H4,26,27,31,32,39);1H2/t13?,15-,16-;/m0./s1. The highest BCUT2D eigenvalue weighted by Crippen LogP contribution is 2.22. The van der Waals surface area contributed by atoms with Crippen LogP contribution in [-0.4, -0.2) is 98.1 Å². The second-order valence-corrected chi connectivity index (χ2v) is 9.50. The van der Waals surface area contributed by atoms with Crippen molar-refractivity contribution >= 4 is 59.3 Å². The molecule has 3 amide bonds. The summed E-state index contributed by atoms with van der Waals surface area (Å²) in [6.45, 7) is 0.453. The number of fused-ring (bicyclic) bond motifs is 1. The van der Waals surface area contributed by atoms with Crippen LogP contribution in [0.2, 0.25) is 0 Å². The normalized spacial score (nSPS) is 14.6. The van der Waals surface area contributed by atoms with E-state index in [0.29, 0.717) is 18.6 Å². The number of carbonyl (C=O) groups excluding carboxylic acids is 3. The summed E-state index contributed by atoms with van der Waals surface area (Å²) in [5.74, 6) is -5.48. The summed E-state index contributed by atoms with van der Waals surface area (Å²) in [7, 11) is 0. The first-order valence-electron chi connectivity index (χ1n) is 12.9. The number of nitrogen functional groups attached to an aromatic ring is 1. The Labute approximate surface area is 248 Å². The average molecular weight is 621 g/mol. The monoisotopic (exact) mass is 620 g/mol. The van der Waals surface area contributed by atoms with Crippen molar-refractivity contribution in [3.8, 4) is 0 Å². The quantitative estimate of drug-likeness (QED) is 0.0954. The van der Waals surface area contributed by atoms with Gasteiger partial charge in [-0.3, -0.25) is 29.0 Å². The summed E-state index contributed by atoms with van der Waals surface area (Å²) in [5, 5.41) is 37.8. The number of carbonyl (C=O) groups is 6. The number of nitrogens with two attached hydrogens (primary N) is 1. The van der Waals surface area contributed by atoms with E-state index >= 15 is 0 Å². The zero-order chi connectivity index (χ0) is 31.7. The summed E-state index contributed by atoms with van der Waals surface area (Å²) in [6, 6.07) is 2.32. The topological polar surface area (TPSA) is 318 Å². The largest absolute Gasteiger partial charge is 0.481 e. The Hall–Kier alpha value is -5.72. The zero-order valence-corrected chi connectivity index (χ0v) is 23.0. The Morgan fingerprint density at radius 3 is 2.23 bits per heavy atom. The molecule has 0 spiro atoms. The van der Waals surface area contributed by atoms with Crippen molar-refractivity contribution < 1.29 is 49.6 Å². The summed E-state index contributed by atoms with van der Waals surface area (Å²) < 4.78 is 0. The molecule has 3 atom stereocenters. The van der Waals surface area contributed by atoms with Crippen LogP contribution >= 0.6 is 0 Å². The molecule has 3 rings (SSSR count). The minimum absolute atomic E-state index is 0. The maximum Gasteiger partial charge on any atom is 0.326 e. The van der Waals surface area contributed by atoms with Crippen molar-refractivity contribution in [2.24, 2.45) is 0 Å². The van der Waals surface area contributed by atoms with E-state index in [-0.39, 0.29) is 53.9 Å². The van der Waals surface area contributed by atoms with Crippen molar-refractivity contribution in [3.63, 3.8) is 0 Å². The van der Waals surface area contributed by atoms with Gasteiger partial charge in [-0.05, 0) is 37.1 Å². The third-order valence-corrected chi connectivity index (χ3v) is 6.35. The highest BCUT2D eigenvalue weighted by atomic mass is 16.4. The first kappa shape index (κ1) is 34.5. The summed E-state index contributed by atoms with van der Waals surface area (Å²) in [5.41, 5.74) is 5.71. The number of nitrogens with zero attached hydrogens (tertiary/aromatic N) is 2. The van der Waals surface area contributed by atoms with E-state index < -0.39 is 60.2 Å². The van der Waals surface area contributed by atoms with E-state index in [4.69, 9.17) is 15.9 Å². The summed E-state index contributed by atoms with van der Waals surface area (Å²) >= 11 is 0. The highest BCUT2D eigenvalue weighted by Gasteiger charge is 2.26. The molecule has 1 aromatic carbocycles. The van der Waals surface area contributed by atoms with Gasteiger partial charge in [-0.1, -0.05) is 0 Å². The van der Waals surface area contributed by atoms with Gasteiger partial charge in [0.15, 0.2) is 5.82 Å². The smallest absolute Gasteiger partial charge is 0.326 e. The first-order valence-corrected chi connectivity index (χ1v) is 12.9. The number of hydrogen-bond donors (Lipinski definition) is 9. The molecule has 2 aromatic rings. The number of aromatic amines is 1. The van der Waals surface area contributed by atoms with Crippen molar-refractivity contribution in [3.05, 3.63) is 40.2 Å². The lowest BCUT2D eigenvalue weighted by atomic mass is 10.1. The van der Waals surface area contributed by atoms with E-state index in [2.05, 4.69) is 31.2 Å². The summed E-state index contributed by atoms with van der Waals surface area (Å²) in [6.07, 6.45) is -1.11. The lowest BCUT2D eigenvalue weighted by molar-refractivity contribution is -0.143. The minimum Gasteiger partial charge on any atom is -0.481 e. The molecule has 12 N–H and O–H groups in total. The molecule has 2 heterocycles. The number of amides is 3. The minimum atomic E-state index is -1.49. The van der Waals surface area contributed by atoms with Crippen molar-refractivity contribution in [1.82, 2.24) is 20.6 Å². The third kappa shape index (κ3) is 9.41. The van der Waals surface area contributed by atoms with Crippen LogP contribution in [0, 0.1) is 0 Å². The van der Waals surface area contributed by atoms with Crippen LogP contribution in [0.5, 0.6) is 0 Å². The van der Waals surface area contributed by atoms with E-state index in [0.717, 1.165) is 0 Å². The molecule has 19 heteroatoms. The Kier molecular flexibility index (Phi) is 12.1. The van der Waals surface area contributed by atoms with Crippen LogP contribution in [-0.2, 0) is 24.0 Å². The van der Waals surface area contributed by atoms with E-state index in [9.17, 15) is 38.7 Å². The fraction of sp³-hybridized carbons (Fsp3) is 0.360. The van der Waals surface area contributed by atoms with Crippen LogP contribution < -0.4 is 37.5 Å². The molecule has 19 nitrogen and oxygen atoms in total. The Balaban J connectivity index is 0.00000675. The van der Waals surface area contributed by atoms with E-state index in [1.165, 1.54) is 29.2 Å². The van der Waals surface area contributed by atoms with Crippen LogP contribution in [0.25, 0.3) is 0 Å². The molecule has 44 heavy (non-hydrogen) atoms. The maximum absolute atomic E-state index is 12.7. The lowest BCUT2D eigenvalue weighted by Gasteiger charge is -2.30. The van der Waals surface area contributed by atoms with Gasteiger partial charge in [0.25, 0.3) is 11.5 Å². The third-order valence-electron chi connectivity index (χ3n) is 6.35. The van der Waals surface area contributed by atoms with Crippen LogP contribution in [0.1, 0.15) is 36.0 Å². The second-order valence-electron chi connectivity index (χ2n) is 9.50. The molecule has 0 fully saturated rings. The van der Waals surface area contributed by atoms with Gasteiger partial charge in [0.2, 0.25) is 18.3 Å². The fourth-order valence-corrected chi connectivity index (χ4v) is 4.15. The van der Waals surface area contributed by atoms with Gasteiger partial charge in [0.1, 0.15) is 17.8 Å². The zero-order valence-electron chi connectivity index (χ0n) is 23.0. The van der Waals surface area contributed by atoms with Crippen LogP contribution in [0.15, 0.2) is 29.1 Å². The second kappa shape index (κ2) is 15.5. The fourth-order valence-electron chi connectivity index (χ4n) is 4.15. The molecule has 1 aliphatic rings. The van der Waals surface area contributed by atoms with Crippen LogP contribution in [0.4, 0.5) is 23.1 Å². The number of carboxylic acid groups (broad SMARTS) is 3. The SMILES string of the molecule is Nc1nc2c(c(=O)[nH]1)NC(CN(C=O)c1ccc(C(=O)N[C@@H](CCC(=O)N[C@@H](CCC(=O)O)C(=O)O)C(=O)O)cc1)CN2.O. The molecule has 0 radical (unpaired) electrons. The maximum atomic E-state index is 12.7. The van der Waals surface area contributed by atoms with Gasteiger partial charge < -0.3 is 52.7 Å². The van der Waals surface area contributed by atoms with Gasteiger partial charge in [0, 0.05) is 37.2 Å². The number of anilines is 4. The van der Waals surface area contributed by atoms with E-state index in [1.807, 2.05) is 0 Å². The molecule has 0 bridgehead atoms. The predicted molar refractivity (Wildman–Crippen MR) is 153 cm³/mol. The first-order chi connectivity index (χ1) is 20.4. The number of hydrogen-bond acceptors (Lipinski definition) is 11. The molecule has 0 aliphatic carbocycles. The number of H-pyrrole nitrogens is 1. The molecular formula is C25H32N8O11. The highest BCUT2D eigenvalue weighted by molar-refractivity contribution is 5.97. The van der Waals surface area contributed by atoms with Gasteiger partial charge >= 0.3 is 17.9 Å². The van der Waals surface area contributed by atoms with Gasteiger partial charge in [-0.2, -0.15) is 4.98 Å². The number of aromatic nitrogens is 2. The van der Waals surface area contributed by atoms with Gasteiger partial charge in [-0.15, -0.1) is 0 Å². The van der Waals surface area contributed by atoms with E-state index in [1.54, 1.807) is 0 Å². The lowest BCUT2D eigenvalue weighted by Crippen LogP contribution is -2.45. The molecular weight excluding hydrogens is 588 g/mol. The van der Waals surface area contributed by atoms with Gasteiger partial charge in [-0.25, -0.2) is 9.59 Å². The number of carboxylic acids is 3. The Morgan fingerprint density at radius 1 is 1.02 bits per heavy atom. The molecule has 1 unspecified atom stereocenters. The van der Waals surface area contributed by atoms with Crippen molar-refractivity contribution in [2.75, 3.05) is 34.4 Å². The Morgan fingerprint density at radius 2 is 1.64 bits per heavy atom. The van der Waals surface area contributed by atoms with Crippen molar-refractivity contribution in [1.29, 1.82) is 0 Å². The van der Waals surface area contributed by atoms with Crippen LogP contribution in [0.3, 0.4) is 0 Å². The number of benzene rings is 1. The molecule has 0 saturated heterocycles. The Bertz CT molecular complexity index is 1450. The van der Waals surface area contributed by atoms with Gasteiger partial charge in [0.05, 0.1) is 6.04 Å². The summed E-state index contributed by atoms with van der Waals surface area (Å²) in [4.78, 5) is 90.2. The number of aliphatic carboxylic acids is 3. The molecule has 1 aliphatic heterocycles. The van der Waals surface area contributed by atoms with Crippen molar-refractivity contribution in [2.45, 2.75) is 43.8 Å². The molecule has 0 saturated carbocycles.